The summed E-state index contributed by atoms with van der Waals surface area (Å²) in [5, 5.41) is 3.13. The summed E-state index contributed by atoms with van der Waals surface area (Å²) in [7, 11) is 1.58. The molecule has 1 unspecified atom stereocenters. The number of halogens is 1. The van der Waals surface area contributed by atoms with Gasteiger partial charge >= 0.3 is 0 Å². The highest BCUT2D eigenvalue weighted by molar-refractivity contribution is 7.99. The van der Waals surface area contributed by atoms with E-state index < -0.39 is 0 Å². The maximum atomic E-state index is 12.9. The van der Waals surface area contributed by atoms with Crippen molar-refractivity contribution in [2.24, 2.45) is 0 Å². The summed E-state index contributed by atoms with van der Waals surface area (Å²) >= 11 is 1.64. The number of para-hydroxylation sites is 2. The molecule has 0 bridgehead atoms. The minimum Gasteiger partial charge on any atom is -0.495 e. The lowest BCUT2D eigenvalue weighted by Gasteiger charge is -2.12. The van der Waals surface area contributed by atoms with Gasteiger partial charge in [-0.25, -0.2) is 4.39 Å². The zero-order valence-corrected chi connectivity index (χ0v) is 14.0. The van der Waals surface area contributed by atoms with Gasteiger partial charge in [-0.3, -0.25) is 4.79 Å². The Morgan fingerprint density at radius 2 is 1.91 bits per heavy atom. The number of carbonyl (C=O) groups excluding carboxylic acids is 1. The van der Waals surface area contributed by atoms with Crippen LogP contribution in [0.15, 0.2) is 53.4 Å². The molecule has 2 rings (SSSR count). The van der Waals surface area contributed by atoms with Crippen LogP contribution in [0.3, 0.4) is 0 Å². The third-order valence-electron chi connectivity index (χ3n) is 3.31. The van der Waals surface area contributed by atoms with Gasteiger partial charge in [0.2, 0.25) is 5.91 Å². The number of hydrogen-bond donors (Lipinski definition) is 1. The number of anilines is 1. The van der Waals surface area contributed by atoms with Gasteiger partial charge in [-0.05, 0) is 42.8 Å². The van der Waals surface area contributed by atoms with E-state index in [0.717, 1.165) is 11.3 Å². The zero-order chi connectivity index (χ0) is 16.7. The van der Waals surface area contributed by atoms with Crippen molar-refractivity contribution in [2.75, 3.05) is 12.4 Å². The molecule has 1 N–H and O–H groups in total. The van der Waals surface area contributed by atoms with Gasteiger partial charge in [-0.1, -0.05) is 19.1 Å². The van der Waals surface area contributed by atoms with Crippen molar-refractivity contribution in [3.8, 4) is 5.75 Å². The summed E-state index contributed by atoms with van der Waals surface area (Å²) in [6, 6.07) is 13.7. The minimum absolute atomic E-state index is 0.0407. The highest BCUT2D eigenvalue weighted by Gasteiger charge is 2.10. The number of benzene rings is 2. The van der Waals surface area contributed by atoms with Crippen molar-refractivity contribution in [3.63, 3.8) is 0 Å². The van der Waals surface area contributed by atoms with Crippen LogP contribution in [0.25, 0.3) is 0 Å². The summed E-state index contributed by atoms with van der Waals surface area (Å²) in [5.74, 6) is 0.369. The number of carbonyl (C=O) groups is 1. The smallest absolute Gasteiger partial charge is 0.224 e. The van der Waals surface area contributed by atoms with Gasteiger partial charge in [-0.15, -0.1) is 11.8 Å². The number of hydrogen-bond acceptors (Lipinski definition) is 3. The van der Waals surface area contributed by atoms with Crippen LogP contribution in [0.2, 0.25) is 0 Å². The van der Waals surface area contributed by atoms with E-state index >= 15 is 0 Å². The molecule has 0 aliphatic rings. The normalized spacial score (nSPS) is 11.8. The quantitative estimate of drug-likeness (QED) is 0.744. The fraction of sp³-hybridized carbons (Fsp3) is 0.278. The molecule has 3 nitrogen and oxygen atoms in total. The molecule has 1 amide bonds. The molecule has 0 aliphatic carbocycles. The Morgan fingerprint density at radius 1 is 1.22 bits per heavy atom. The predicted molar refractivity (Wildman–Crippen MR) is 92.6 cm³/mol. The largest absolute Gasteiger partial charge is 0.495 e. The SMILES string of the molecule is COc1ccccc1NC(=O)CCC(C)Sc1ccc(F)cc1. The van der Waals surface area contributed by atoms with Gasteiger partial charge in [-0.2, -0.15) is 0 Å². The van der Waals surface area contributed by atoms with Crippen molar-refractivity contribution in [1.82, 2.24) is 0 Å². The Bertz CT molecular complexity index is 646. The lowest BCUT2D eigenvalue weighted by atomic mass is 10.2. The second-order valence-corrected chi connectivity index (χ2v) is 6.68. The molecule has 0 aliphatic heterocycles. The molecule has 5 heteroatoms. The lowest BCUT2D eigenvalue weighted by molar-refractivity contribution is -0.116. The molecule has 0 aromatic heterocycles. The molecule has 23 heavy (non-hydrogen) atoms. The first-order chi connectivity index (χ1) is 11.1. The van der Waals surface area contributed by atoms with Crippen LogP contribution < -0.4 is 10.1 Å². The summed E-state index contributed by atoms with van der Waals surface area (Å²) in [6.07, 6.45) is 1.16. The maximum Gasteiger partial charge on any atom is 0.224 e. The van der Waals surface area contributed by atoms with E-state index in [0.29, 0.717) is 17.9 Å². The topological polar surface area (TPSA) is 38.3 Å². The average molecular weight is 333 g/mol. The van der Waals surface area contributed by atoms with Gasteiger partial charge in [0.25, 0.3) is 0 Å². The highest BCUT2D eigenvalue weighted by Crippen LogP contribution is 2.27. The Balaban J connectivity index is 1.80. The molecule has 0 fully saturated rings. The third kappa shape index (κ3) is 5.60. The van der Waals surface area contributed by atoms with E-state index in [9.17, 15) is 9.18 Å². The number of rotatable bonds is 7. The molecular weight excluding hydrogens is 313 g/mol. The number of amides is 1. The van der Waals surface area contributed by atoms with Crippen LogP contribution in [-0.2, 0) is 4.79 Å². The number of nitrogens with one attached hydrogen (secondary N) is 1. The fourth-order valence-corrected chi connectivity index (χ4v) is 3.09. The van der Waals surface area contributed by atoms with Crippen LogP contribution in [0.4, 0.5) is 10.1 Å². The summed E-state index contributed by atoms with van der Waals surface area (Å²) in [5.41, 5.74) is 0.679. The standard InChI is InChI=1S/C18H20FNO2S/c1-13(23-15-10-8-14(19)9-11-15)7-12-18(21)20-16-5-3-4-6-17(16)22-2/h3-6,8-11,13H,7,12H2,1-2H3,(H,20,21). The van der Waals surface area contributed by atoms with E-state index in [1.54, 1.807) is 31.0 Å². The van der Waals surface area contributed by atoms with Crippen LogP contribution in [0.5, 0.6) is 5.75 Å². The molecule has 0 saturated carbocycles. The highest BCUT2D eigenvalue weighted by atomic mass is 32.2. The van der Waals surface area contributed by atoms with E-state index in [2.05, 4.69) is 12.2 Å². The monoisotopic (exact) mass is 333 g/mol. The van der Waals surface area contributed by atoms with Crippen molar-refractivity contribution in [3.05, 3.63) is 54.3 Å². The number of methoxy groups -OCH3 is 1. The first-order valence-corrected chi connectivity index (χ1v) is 8.31. The van der Waals surface area contributed by atoms with Crippen LogP contribution in [-0.4, -0.2) is 18.3 Å². The Hall–Kier alpha value is -2.01. The van der Waals surface area contributed by atoms with Crippen molar-refractivity contribution in [1.29, 1.82) is 0 Å². The van der Waals surface area contributed by atoms with Crippen LogP contribution >= 0.6 is 11.8 Å². The second kappa shape index (κ2) is 8.58. The van der Waals surface area contributed by atoms with Crippen molar-refractivity contribution < 1.29 is 13.9 Å². The van der Waals surface area contributed by atoms with Gasteiger partial charge in [0.15, 0.2) is 0 Å². The van der Waals surface area contributed by atoms with Crippen LogP contribution in [0, 0.1) is 5.82 Å². The van der Waals surface area contributed by atoms with E-state index in [1.165, 1.54) is 12.1 Å². The fourth-order valence-electron chi connectivity index (χ4n) is 2.10. The van der Waals surface area contributed by atoms with Crippen molar-refractivity contribution in [2.45, 2.75) is 29.9 Å². The first-order valence-electron chi connectivity index (χ1n) is 7.43. The number of ether oxygens (including phenoxy) is 1. The van der Waals surface area contributed by atoms with E-state index in [4.69, 9.17) is 4.74 Å². The van der Waals surface area contributed by atoms with Crippen molar-refractivity contribution >= 4 is 23.4 Å². The zero-order valence-electron chi connectivity index (χ0n) is 13.2. The molecule has 0 radical (unpaired) electrons. The van der Waals surface area contributed by atoms with Gasteiger partial charge < -0.3 is 10.1 Å². The summed E-state index contributed by atoms with van der Waals surface area (Å²) < 4.78 is 18.1. The minimum atomic E-state index is -0.238. The molecule has 1 atom stereocenters. The molecule has 0 spiro atoms. The first kappa shape index (κ1) is 17.3. The van der Waals surface area contributed by atoms with Gasteiger partial charge in [0.05, 0.1) is 12.8 Å². The Kier molecular flexibility index (Phi) is 6.47. The summed E-state index contributed by atoms with van der Waals surface area (Å²) in [6.45, 7) is 2.06. The Morgan fingerprint density at radius 3 is 2.61 bits per heavy atom. The van der Waals surface area contributed by atoms with Gasteiger partial charge in [0, 0.05) is 16.6 Å². The molecule has 122 valence electrons. The molecule has 0 saturated heterocycles. The molecule has 0 heterocycles. The average Bonchev–Trinajstić information content (AvgIpc) is 2.55. The Labute approximate surface area is 140 Å². The van der Waals surface area contributed by atoms with E-state index in [-0.39, 0.29) is 17.0 Å². The van der Waals surface area contributed by atoms with Crippen LogP contribution in [0.1, 0.15) is 19.8 Å². The maximum absolute atomic E-state index is 12.9. The molecular formula is C18H20FNO2S. The number of thioether (sulfide) groups is 1. The summed E-state index contributed by atoms with van der Waals surface area (Å²) in [4.78, 5) is 13.1. The molecule has 2 aromatic rings. The lowest BCUT2D eigenvalue weighted by Crippen LogP contribution is -2.13. The third-order valence-corrected chi connectivity index (χ3v) is 4.49. The predicted octanol–water partition coefficient (Wildman–Crippen LogP) is 4.73. The van der Waals surface area contributed by atoms with Gasteiger partial charge in [0.1, 0.15) is 11.6 Å². The molecule has 2 aromatic carbocycles. The second-order valence-electron chi connectivity index (χ2n) is 5.17. The van der Waals surface area contributed by atoms with E-state index in [1.807, 2.05) is 24.3 Å².